The van der Waals surface area contributed by atoms with Gasteiger partial charge in [0, 0.05) is 62.9 Å². The minimum atomic E-state index is -0.365. The highest BCUT2D eigenvalue weighted by Gasteiger charge is 2.43. The molecular weight excluding hydrogens is 384 g/mol. The highest BCUT2D eigenvalue weighted by Crippen LogP contribution is 2.39. The summed E-state index contributed by atoms with van der Waals surface area (Å²) in [4.78, 5) is 39.4. The molecule has 0 spiro atoms. The molecule has 0 radical (unpaired) electrons. The minimum Gasteiger partial charge on any atom is -0.364 e. The van der Waals surface area contributed by atoms with Gasteiger partial charge in [0.1, 0.15) is 5.82 Å². The van der Waals surface area contributed by atoms with Crippen molar-refractivity contribution in [2.75, 3.05) is 42.5 Å². The van der Waals surface area contributed by atoms with Crippen molar-refractivity contribution in [3.63, 3.8) is 0 Å². The summed E-state index contributed by atoms with van der Waals surface area (Å²) in [6.07, 6.45) is 7.71. The second kappa shape index (κ2) is 7.55. The van der Waals surface area contributed by atoms with Gasteiger partial charge in [0.25, 0.3) is 5.69 Å². The molecule has 9 nitrogen and oxygen atoms in total. The van der Waals surface area contributed by atoms with Crippen LogP contribution in [-0.4, -0.2) is 64.5 Å². The first-order valence-corrected chi connectivity index (χ1v) is 10.5. The van der Waals surface area contributed by atoms with E-state index in [9.17, 15) is 14.9 Å². The standard InChI is InChI=1S/C21H24N6O3/c28-21(24-7-1-2-8-24)17-12-15-11-16(27(29)30)3-4-18(15)26-10-9-25(14-19(17)26)20-13-22-5-6-23-20/h3-6,11,13,17,19H,1-2,7-10,12,14H2. The quantitative estimate of drug-likeness (QED) is 0.565. The number of non-ortho nitro benzene ring substituents is 1. The number of hydrogen-bond acceptors (Lipinski definition) is 7. The number of rotatable bonds is 3. The Kier molecular flexibility index (Phi) is 4.72. The molecule has 1 aromatic heterocycles. The van der Waals surface area contributed by atoms with Crippen LogP contribution >= 0.6 is 0 Å². The molecule has 3 aliphatic heterocycles. The average Bonchev–Trinajstić information content (AvgIpc) is 3.33. The molecule has 3 aliphatic rings. The van der Waals surface area contributed by atoms with Crippen LogP contribution in [0, 0.1) is 16.0 Å². The summed E-state index contributed by atoms with van der Waals surface area (Å²) >= 11 is 0. The Hall–Kier alpha value is -3.23. The number of amides is 1. The highest BCUT2D eigenvalue weighted by atomic mass is 16.6. The highest BCUT2D eigenvalue weighted by molar-refractivity contribution is 5.83. The minimum absolute atomic E-state index is 0.00260. The number of piperazine rings is 1. The summed E-state index contributed by atoms with van der Waals surface area (Å²) in [5.74, 6) is 0.761. The van der Waals surface area contributed by atoms with Gasteiger partial charge < -0.3 is 14.7 Å². The Balaban J connectivity index is 1.50. The summed E-state index contributed by atoms with van der Waals surface area (Å²) in [6, 6.07) is 5.05. The average molecular weight is 408 g/mol. The molecule has 2 saturated heterocycles. The molecule has 4 heterocycles. The zero-order valence-electron chi connectivity index (χ0n) is 16.7. The number of nitrogens with zero attached hydrogens (tertiary/aromatic N) is 6. The van der Waals surface area contributed by atoms with Gasteiger partial charge in [-0.3, -0.25) is 19.9 Å². The van der Waals surface area contributed by atoms with Gasteiger partial charge in [-0.1, -0.05) is 0 Å². The second-order valence-electron chi connectivity index (χ2n) is 8.18. The van der Waals surface area contributed by atoms with E-state index in [-0.39, 0.29) is 28.5 Å². The van der Waals surface area contributed by atoms with Crippen LogP contribution in [0.4, 0.5) is 17.2 Å². The maximum Gasteiger partial charge on any atom is 0.269 e. The molecule has 2 aromatic rings. The number of benzene rings is 1. The third kappa shape index (κ3) is 3.24. The lowest BCUT2D eigenvalue weighted by atomic mass is 9.83. The molecule has 1 amide bonds. The Morgan fingerprint density at radius 3 is 2.70 bits per heavy atom. The monoisotopic (exact) mass is 408 g/mol. The molecular formula is C21H24N6O3. The fourth-order valence-electron chi connectivity index (χ4n) is 5.04. The number of fused-ring (bicyclic) bond motifs is 3. The van der Waals surface area contributed by atoms with E-state index in [4.69, 9.17) is 0 Å². The van der Waals surface area contributed by atoms with Crippen LogP contribution in [0.15, 0.2) is 36.8 Å². The summed E-state index contributed by atoms with van der Waals surface area (Å²) in [5, 5.41) is 11.3. The van der Waals surface area contributed by atoms with E-state index in [1.54, 1.807) is 30.7 Å². The molecule has 2 fully saturated rings. The van der Waals surface area contributed by atoms with Gasteiger partial charge in [0.2, 0.25) is 5.91 Å². The van der Waals surface area contributed by atoms with Crippen LogP contribution in [0.25, 0.3) is 0 Å². The van der Waals surface area contributed by atoms with E-state index in [1.165, 1.54) is 0 Å². The summed E-state index contributed by atoms with van der Waals surface area (Å²) < 4.78 is 0. The lowest BCUT2D eigenvalue weighted by Crippen LogP contribution is -2.61. The topological polar surface area (TPSA) is 95.7 Å². The van der Waals surface area contributed by atoms with Crippen LogP contribution in [-0.2, 0) is 11.2 Å². The van der Waals surface area contributed by atoms with Crippen molar-refractivity contribution in [3.8, 4) is 0 Å². The van der Waals surface area contributed by atoms with Crippen molar-refractivity contribution in [2.45, 2.75) is 25.3 Å². The third-order valence-electron chi connectivity index (χ3n) is 6.51. The molecule has 0 aliphatic carbocycles. The molecule has 30 heavy (non-hydrogen) atoms. The van der Waals surface area contributed by atoms with E-state index in [2.05, 4.69) is 19.8 Å². The number of nitro benzene ring substituents is 1. The lowest BCUT2D eigenvalue weighted by molar-refractivity contribution is -0.384. The number of likely N-dealkylation sites (tertiary alicyclic amines) is 1. The van der Waals surface area contributed by atoms with Crippen molar-refractivity contribution in [1.82, 2.24) is 14.9 Å². The van der Waals surface area contributed by atoms with Gasteiger partial charge in [-0.05, 0) is 30.9 Å². The fraction of sp³-hybridized carbons (Fsp3) is 0.476. The SMILES string of the molecule is O=C(C1Cc2cc([N+](=O)[O-])ccc2N2CCN(c3cnccn3)CC12)N1CCCC1. The first-order chi connectivity index (χ1) is 14.6. The first kappa shape index (κ1) is 18.8. The van der Waals surface area contributed by atoms with Crippen LogP contribution < -0.4 is 9.80 Å². The van der Waals surface area contributed by atoms with E-state index in [1.807, 2.05) is 11.0 Å². The van der Waals surface area contributed by atoms with Crippen LogP contribution in [0.5, 0.6) is 0 Å². The van der Waals surface area contributed by atoms with Gasteiger partial charge >= 0.3 is 0 Å². The van der Waals surface area contributed by atoms with Crippen LogP contribution in [0.3, 0.4) is 0 Å². The van der Waals surface area contributed by atoms with Gasteiger partial charge in [0.15, 0.2) is 0 Å². The van der Waals surface area contributed by atoms with Gasteiger partial charge in [-0.25, -0.2) is 4.98 Å². The normalized spacial score (nSPS) is 23.1. The van der Waals surface area contributed by atoms with E-state index in [0.29, 0.717) is 13.0 Å². The number of hydrogen-bond donors (Lipinski definition) is 0. The first-order valence-electron chi connectivity index (χ1n) is 10.5. The van der Waals surface area contributed by atoms with Crippen molar-refractivity contribution >= 4 is 23.1 Å². The second-order valence-corrected chi connectivity index (χ2v) is 8.18. The maximum atomic E-state index is 13.4. The predicted octanol–water partition coefficient (Wildman–Crippen LogP) is 1.87. The Morgan fingerprint density at radius 1 is 1.13 bits per heavy atom. The van der Waals surface area contributed by atoms with Crippen LogP contribution in [0.1, 0.15) is 18.4 Å². The molecule has 0 N–H and O–H groups in total. The van der Waals surface area contributed by atoms with E-state index in [0.717, 1.165) is 56.1 Å². The summed E-state index contributed by atoms with van der Waals surface area (Å²) in [6.45, 7) is 3.78. The fourth-order valence-corrected chi connectivity index (χ4v) is 5.04. The molecule has 156 valence electrons. The van der Waals surface area contributed by atoms with Gasteiger partial charge in [-0.15, -0.1) is 0 Å². The smallest absolute Gasteiger partial charge is 0.269 e. The predicted molar refractivity (Wildman–Crippen MR) is 111 cm³/mol. The molecule has 1 aromatic carbocycles. The van der Waals surface area contributed by atoms with Crippen LogP contribution in [0.2, 0.25) is 0 Å². The van der Waals surface area contributed by atoms with Crippen molar-refractivity contribution in [2.24, 2.45) is 5.92 Å². The summed E-state index contributed by atoms with van der Waals surface area (Å²) in [7, 11) is 0. The Labute approximate surface area is 174 Å². The number of nitro groups is 1. The zero-order valence-corrected chi connectivity index (χ0v) is 16.7. The molecule has 2 unspecified atom stereocenters. The summed E-state index contributed by atoms with van der Waals surface area (Å²) in [5.41, 5.74) is 1.98. The molecule has 2 atom stereocenters. The van der Waals surface area contributed by atoms with Gasteiger partial charge in [-0.2, -0.15) is 0 Å². The van der Waals surface area contributed by atoms with Gasteiger partial charge in [0.05, 0.1) is 23.1 Å². The molecule has 9 heteroatoms. The van der Waals surface area contributed by atoms with E-state index >= 15 is 0 Å². The largest absolute Gasteiger partial charge is 0.364 e. The number of anilines is 2. The number of carbonyl (C=O) groups excluding carboxylic acids is 1. The number of aromatic nitrogens is 2. The maximum absolute atomic E-state index is 13.4. The zero-order chi connectivity index (χ0) is 20.7. The Morgan fingerprint density at radius 2 is 1.97 bits per heavy atom. The van der Waals surface area contributed by atoms with Crippen molar-refractivity contribution < 1.29 is 9.72 Å². The Bertz CT molecular complexity index is 962. The third-order valence-corrected chi connectivity index (χ3v) is 6.51. The molecule has 5 rings (SSSR count). The number of carbonyl (C=O) groups is 1. The van der Waals surface area contributed by atoms with Crippen molar-refractivity contribution in [1.29, 1.82) is 0 Å². The van der Waals surface area contributed by atoms with E-state index < -0.39 is 0 Å². The van der Waals surface area contributed by atoms with Crippen molar-refractivity contribution in [3.05, 3.63) is 52.5 Å². The lowest BCUT2D eigenvalue weighted by Gasteiger charge is -2.49. The molecule has 0 bridgehead atoms. The molecule has 0 saturated carbocycles.